The molecule has 2 saturated heterocycles. The van der Waals surface area contributed by atoms with Crippen LogP contribution in [0.2, 0.25) is 19.6 Å². The quantitative estimate of drug-likeness (QED) is 0.364. The van der Waals surface area contributed by atoms with E-state index in [0.29, 0.717) is 12.0 Å². The van der Waals surface area contributed by atoms with Gasteiger partial charge in [-0.2, -0.15) is 0 Å². The Hall–Kier alpha value is -2.66. The molecule has 0 spiro atoms. The van der Waals surface area contributed by atoms with Crippen LogP contribution in [0.1, 0.15) is 36.8 Å². The van der Waals surface area contributed by atoms with E-state index < -0.39 is 8.07 Å². The lowest BCUT2D eigenvalue weighted by atomic mass is 9.59. The predicted octanol–water partition coefficient (Wildman–Crippen LogP) is 5.68. The number of hydrogen-bond acceptors (Lipinski definition) is 4. The van der Waals surface area contributed by atoms with Crippen molar-refractivity contribution in [2.45, 2.75) is 69.4 Å². The number of rotatable bonds is 6. The minimum Gasteiger partial charge on any atom is -0.453 e. The van der Waals surface area contributed by atoms with Crippen LogP contribution < -0.4 is 5.32 Å². The van der Waals surface area contributed by atoms with Gasteiger partial charge in [0.25, 0.3) is 0 Å². The zero-order valence-electron chi connectivity index (χ0n) is 24.5. The van der Waals surface area contributed by atoms with Crippen LogP contribution in [0.3, 0.4) is 0 Å². The first kappa shape index (κ1) is 28.9. The molecule has 3 aliphatic rings. The highest BCUT2D eigenvalue weighted by molar-refractivity contribution is 6.83. The van der Waals surface area contributed by atoms with Crippen LogP contribution in [-0.4, -0.2) is 69.3 Å². The van der Waals surface area contributed by atoms with Crippen LogP contribution in [-0.2, 0) is 16.7 Å². The molecule has 1 amide bonds. The molecule has 3 fully saturated rings. The Morgan fingerprint density at radius 3 is 2.50 bits per heavy atom. The second-order valence-corrected chi connectivity index (χ2v) is 17.7. The van der Waals surface area contributed by atoms with Crippen molar-refractivity contribution in [3.63, 3.8) is 0 Å². The molecule has 2 unspecified atom stereocenters. The first-order chi connectivity index (χ1) is 19.2. The third-order valence-corrected chi connectivity index (χ3v) is 10.2. The van der Waals surface area contributed by atoms with Crippen LogP contribution >= 0.6 is 0 Å². The minimum absolute atomic E-state index is 0.0157. The number of carbonyl (C=O) groups is 1. The summed E-state index contributed by atoms with van der Waals surface area (Å²) in [6, 6.07) is 18.2. The maximum absolute atomic E-state index is 14.9. The van der Waals surface area contributed by atoms with Crippen LogP contribution in [0.25, 0.3) is 0 Å². The lowest BCUT2D eigenvalue weighted by molar-refractivity contribution is 0.0909. The summed E-state index contributed by atoms with van der Waals surface area (Å²) in [6.45, 7) is 11.4. The summed E-state index contributed by atoms with van der Waals surface area (Å²) in [4.78, 5) is 17.6. The van der Waals surface area contributed by atoms with E-state index in [1.54, 1.807) is 12.1 Å². The largest absolute Gasteiger partial charge is 0.453 e. The Morgan fingerprint density at radius 1 is 1.07 bits per heavy atom. The summed E-state index contributed by atoms with van der Waals surface area (Å²) in [5, 5.41) is 3.20. The third kappa shape index (κ3) is 6.15. The highest BCUT2D eigenvalue weighted by atomic mass is 28.3. The van der Waals surface area contributed by atoms with Gasteiger partial charge in [-0.05, 0) is 68.0 Å². The zero-order valence-corrected chi connectivity index (χ0v) is 25.5. The van der Waals surface area contributed by atoms with E-state index in [4.69, 9.17) is 4.74 Å². The maximum Gasteiger partial charge on any atom is 0.407 e. The van der Waals surface area contributed by atoms with Gasteiger partial charge in [0.05, 0.1) is 13.7 Å². The van der Waals surface area contributed by atoms with Gasteiger partial charge >= 0.3 is 6.09 Å². The summed E-state index contributed by atoms with van der Waals surface area (Å²) in [5.74, 6) is 3.89. The first-order valence-electron chi connectivity index (χ1n) is 14.8. The number of benzene rings is 2. The summed E-state index contributed by atoms with van der Waals surface area (Å²) in [5.41, 5.74) is 5.70. The molecule has 4 atom stereocenters. The molecule has 214 valence electrons. The van der Waals surface area contributed by atoms with Crippen molar-refractivity contribution >= 4 is 14.2 Å². The number of methoxy groups -OCH3 is 1. The molecule has 2 aliphatic heterocycles. The van der Waals surface area contributed by atoms with E-state index in [1.807, 2.05) is 6.07 Å². The molecule has 5 rings (SSSR count). The molecule has 40 heavy (non-hydrogen) atoms. The van der Waals surface area contributed by atoms with E-state index in [2.05, 4.69) is 82.6 Å². The number of likely N-dealkylation sites (tertiary alicyclic amines) is 2. The molecule has 2 aromatic carbocycles. The third-order valence-electron chi connectivity index (χ3n) is 9.31. The van der Waals surface area contributed by atoms with Gasteiger partial charge in [0.1, 0.15) is 13.9 Å². The highest BCUT2D eigenvalue weighted by Gasteiger charge is 2.61. The predicted molar refractivity (Wildman–Crippen MR) is 161 cm³/mol. The van der Waals surface area contributed by atoms with Gasteiger partial charge in [0, 0.05) is 36.5 Å². The van der Waals surface area contributed by atoms with Crippen molar-refractivity contribution in [3.05, 3.63) is 71.5 Å². The van der Waals surface area contributed by atoms with E-state index in [0.717, 1.165) is 64.0 Å². The number of carbonyl (C=O) groups excluding carboxylic acids is 1. The SMILES string of the molecule is COC(=O)N[C@H]1CCC2[C@@H]1C(c1cccc(F)c1)(C1CCN(Cc3ccccc3)CC1)CN2CC#C[Si](C)(C)C. The van der Waals surface area contributed by atoms with Crippen LogP contribution in [0.5, 0.6) is 0 Å². The number of halogens is 1. The first-order valence-corrected chi connectivity index (χ1v) is 18.3. The fraction of sp³-hybridized carbons (Fsp3) is 0.545. The van der Waals surface area contributed by atoms with E-state index in [1.165, 1.54) is 12.7 Å². The van der Waals surface area contributed by atoms with Gasteiger partial charge in [0.15, 0.2) is 0 Å². The van der Waals surface area contributed by atoms with Gasteiger partial charge < -0.3 is 10.1 Å². The van der Waals surface area contributed by atoms with Crippen LogP contribution in [0.4, 0.5) is 9.18 Å². The molecule has 2 heterocycles. The molecule has 2 aromatic rings. The fourth-order valence-corrected chi connectivity index (χ4v) is 8.36. The van der Waals surface area contributed by atoms with Crippen LogP contribution in [0, 0.1) is 29.1 Å². The lowest BCUT2D eigenvalue weighted by Crippen LogP contribution is -2.53. The number of nitrogens with one attached hydrogen (secondary N) is 1. The lowest BCUT2D eigenvalue weighted by Gasteiger charge is -2.47. The number of fused-ring (bicyclic) bond motifs is 1. The van der Waals surface area contributed by atoms with Crippen molar-refractivity contribution in [2.75, 3.05) is 33.3 Å². The van der Waals surface area contributed by atoms with Gasteiger partial charge in [-0.3, -0.25) is 9.80 Å². The molecule has 1 aliphatic carbocycles. The number of piperidine rings is 1. The minimum atomic E-state index is -1.50. The Balaban J connectivity index is 1.49. The van der Waals surface area contributed by atoms with Crippen molar-refractivity contribution < 1.29 is 13.9 Å². The van der Waals surface area contributed by atoms with E-state index in [9.17, 15) is 9.18 Å². The molecule has 1 saturated carbocycles. The van der Waals surface area contributed by atoms with Crippen LogP contribution in [0.15, 0.2) is 54.6 Å². The number of ether oxygens (including phenoxy) is 1. The van der Waals surface area contributed by atoms with E-state index >= 15 is 0 Å². The van der Waals surface area contributed by atoms with Crippen molar-refractivity contribution in [1.29, 1.82) is 0 Å². The Bertz CT molecular complexity index is 1230. The number of hydrogen-bond donors (Lipinski definition) is 1. The van der Waals surface area contributed by atoms with Crippen molar-refractivity contribution in [3.8, 4) is 11.5 Å². The molecular weight excluding hydrogens is 517 g/mol. The summed E-state index contributed by atoms with van der Waals surface area (Å²) >= 11 is 0. The average Bonchev–Trinajstić information content (AvgIpc) is 3.49. The van der Waals surface area contributed by atoms with E-state index in [-0.39, 0.29) is 29.3 Å². The summed E-state index contributed by atoms with van der Waals surface area (Å²) in [6.07, 6.45) is 3.61. The Labute approximate surface area is 240 Å². The number of amides is 1. The molecule has 5 nitrogen and oxygen atoms in total. The summed E-state index contributed by atoms with van der Waals surface area (Å²) in [7, 11) is -0.0711. The normalized spacial score (nSPS) is 27.6. The van der Waals surface area contributed by atoms with Gasteiger partial charge in [-0.25, -0.2) is 9.18 Å². The Morgan fingerprint density at radius 2 is 1.82 bits per heavy atom. The summed E-state index contributed by atoms with van der Waals surface area (Å²) < 4.78 is 19.9. The maximum atomic E-state index is 14.9. The average molecular weight is 562 g/mol. The van der Waals surface area contributed by atoms with Crippen molar-refractivity contribution in [2.24, 2.45) is 11.8 Å². The standard InChI is InChI=1S/C33H44FN3O2Si/c1-39-32(38)35-29-14-15-30-31(29)33(27-12-8-13-28(34)22-27,24-37(30)18-9-21-40(2,3)4)26-16-19-36(20-17-26)23-25-10-6-5-7-11-25/h5-8,10-13,22,26,29-31H,14-20,23-24H2,1-4H3,(H,35,38)/t29-,30?,31+,33?/m0/s1. The zero-order chi connectivity index (χ0) is 28.3. The second kappa shape index (κ2) is 12.1. The highest BCUT2D eigenvalue weighted by Crippen LogP contribution is 2.56. The number of nitrogens with zero attached hydrogens (tertiary/aromatic N) is 2. The molecule has 7 heteroatoms. The molecule has 1 N–H and O–H groups in total. The van der Waals surface area contributed by atoms with Crippen molar-refractivity contribution in [1.82, 2.24) is 15.1 Å². The molecule has 0 radical (unpaired) electrons. The second-order valence-electron chi connectivity index (χ2n) is 13.0. The molecular formula is C33H44FN3O2Si. The topological polar surface area (TPSA) is 44.8 Å². The van der Waals surface area contributed by atoms with Gasteiger partial charge in [0.2, 0.25) is 0 Å². The fourth-order valence-electron chi connectivity index (χ4n) is 7.75. The van der Waals surface area contributed by atoms with Gasteiger partial charge in [-0.15, -0.1) is 5.54 Å². The van der Waals surface area contributed by atoms with Gasteiger partial charge in [-0.1, -0.05) is 68.0 Å². The number of alkyl carbamates (subject to hydrolysis) is 1. The smallest absolute Gasteiger partial charge is 0.407 e. The monoisotopic (exact) mass is 561 g/mol. The Kier molecular flexibility index (Phi) is 8.70. The molecule has 0 bridgehead atoms. The molecule has 0 aromatic heterocycles.